The molecule has 0 radical (unpaired) electrons. The van der Waals surface area contributed by atoms with Crippen LogP contribution in [0.15, 0.2) is 0 Å². The molecule has 0 N–H and O–H groups in total. The molecule has 22 heteroatoms. The minimum atomic E-state index is -3.57. The Bertz CT molecular complexity index is 699. The van der Waals surface area contributed by atoms with E-state index in [4.69, 9.17) is 49.4 Å². The van der Waals surface area contributed by atoms with Crippen LogP contribution in [-0.2, 0) is 49.4 Å². The van der Waals surface area contributed by atoms with E-state index in [1.54, 1.807) is 0 Å². The lowest BCUT2D eigenvalue weighted by atomic mass is 11.0. The molecular formula is C17H50O12Si10. The predicted molar refractivity (Wildman–Crippen MR) is 170 cm³/mol. The summed E-state index contributed by atoms with van der Waals surface area (Å²) in [6.07, 6.45) is 0. The second-order valence-corrected chi connectivity index (χ2v) is 36.5. The van der Waals surface area contributed by atoms with Crippen molar-refractivity contribution in [2.75, 3.05) is 0 Å². The Morgan fingerprint density at radius 1 is 0.359 bits per heavy atom. The fourth-order valence-corrected chi connectivity index (χ4v) is 52.8. The van der Waals surface area contributed by atoms with Gasteiger partial charge in [0.1, 0.15) is 29.3 Å². The maximum absolute atomic E-state index is 7.13. The van der Waals surface area contributed by atoms with Gasteiger partial charge >= 0.3 is 61.6 Å². The zero-order valence-corrected chi connectivity index (χ0v) is 36.7. The molecule has 3 heterocycles. The van der Waals surface area contributed by atoms with Crippen LogP contribution in [0, 0.1) is 0 Å². The molecule has 0 aliphatic carbocycles. The molecule has 39 heavy (non-hydrogen) atoms. The molecule has 230 valence electrons. The minimum absolute atomic E-state index is 0.468. The van der Waals surface area contributed by atoms with Gasteiger partial charge < -0.3 is 49.4 Å². The van der Waals surface area contributed by atoms with Gasteiger partial charge in [0.25, 0.3) is 0 Å². The van der Waals surface area contributed by atoms with Crippen molar-refractivity contribution in [2.45, 2.75) is 110 Å². The molecule has 3 saturated heterocycles. The zero-order chi connectivity index (χ0) is 29.1. The highest BCUT2D eigenvalue weighted by molar-refractivity contribution is 6.99. The molecule has 3 aliphatic heterocycles. The fraction of sp³-hybridized carbons (Fsp3) is 1.00. The van der Waals surface area contributed by atoms with E-state index >= 15 is 0 Å². The normalized spacial score (nSPS) is 45.7. The van der Waals surface area contributed by atoms with Crippen LogP contribution in [0.2, 0.25) is 61.9 Å². The maximum Gasteiger partial charge on any atom is 0.478 e. The van der Waals surface area contributed by atoms with Crippen LogP contribution in [-0.4, -0.2) is 90.9 Å². The van der Waals surface area contributed by atoms with E-state index in [9.17, 15) is 0 Å². The zero-order valence-electron chi connectivity index (χ0n) is 25.5. The number of rotatable bonds is 13. The first-order valence-corrected chi connectivity index (χ1v) is 34.2. The van der Waals surface area contributed by atoms with E-state index in [-0.39, 0.29) is 0 Å². The van der Waals surface area contributed by atoms with Crippen LogP contribution < -0.4 is 0 Å². The fourth-order valence-electron chi connectivity index (χ4n) is 4.89. The van der Waals surface area contributed by atoms with Crippen molar-refractivity contribution in [3.05, 3.63) is 0 Å². The third kappa shape index (κ3) is 7.17. The van der Waals surface area contributed by atoms with Gasteiger partial charge in [-0.15, -0.1) is 0 Å². The first-order valence-electron chi connectivity index (χ1n) is 14.7. The monoisotopic (exact) mass is 726 g/mol. The molecule has 3 fully saturated rings. The van der Waals surface area contributed by atoms with Gasteiger partial charge in [0.05, 0.1) is 0 Å². The first kappa shape index (κ1) is 35.2. The second kappa shape index (κ2) is 13.8. The third-order valence-corrected chi connectivity index (χ3v) is 44.1. The highest BCUT2D eigenvalue weighted by Crippen LogP contribution is 2.47. The molecule has 0 aromatic carbocycles. The highest BCUT2D eigenvalue weighted by Gasteiger charge is 2.76. The van der Waals surface area contributed by atoms with E-state index in [2.05, 4.69) is 19.6 Å². The quantitative estimate of drug-likeness (QED) is 0.260. The summed E-state index contributed by atoms with van der Waals surface area (Å²) in [5, 5.41) is 0. The summed E-state index contributed by atoms with van der Waals surface area (Å²) in [6, 6.07) is 3.50. The lowest BCUT2D eigenvalue weighted by molar-refractivity contribution is 0.0149. The molecule has 0 spiro atoms. The number of hydrogen-bond donors (Lipinski definition) is 0. The van der Waals surface area contributed by atoms with Gasteiger partial charge in [0.15, 0.2) is 0 Å². The van der Waals surface area contributed by atoms with Crippen molar-refractivity contribution < 1.29 is 49.4 Å². The van der Waals surface area contributed by atoms with Crippen LogP contribution >= 0.6 is 0 Å². The highest BCUT2D eigenvalue weighted by atomic mass is 28.6. The van der Waals surface area contributed by atoms with Crippen LogP contribution in [0.1, 0.15) is 48.5 Å². The van der Waals surface area contributed by atoms with Crippen LogP contribution in [0.5, 0.6) is 0 Å². The largest absolute Gasteiger partial charge is 0.478 e. The first-order chi connectivity index (χ1) is 18.5. The summed E-state index contributed by atoms with van der Waals surface area (Å²) in [6.45, 7) is 20.4. The molecule has 3 aliphatic rings. The Kier molecular flexibility index (Phi) is 12.4. The molecule has 0 saturated carbocycles. The standard InChI is InChI=1S/C17H50O12Si10/c1-11-33(18-30-8)21-36(14-4)23-34(12-2,19-31-9)25-38(16-6)26-35(13-3,20-32-10)24-37(15-5,22-33)28-39(17-7,27-36)29-38/h11-17,30-32H2,1-10H3. The molecular weight excluding hydrogens is 677 g/mol. The summed E-state index contributed by atoms with van der Waals surface area (Å²) in [5.74, 6) is 0. The topological polar surface area (TPSA) is 111 Å². The molecule has 0 unspecified atom stereocenters. The number of fused-ring (bicyclic) bond motifs is 3. The van der Waals surface area contributed by atoms with Crippen molar-refractivity contribution in [2.24, 2.45) is 0 Å². The molecule has 0 aromatic rings. The van der Waals surface area contributed by atoms with E-state index in [0.717, 1.165) is 0 Å². The van der Waals surface area contributed by atoms with Crippen LogP contribution in [0.3, 0.4) is 0 Å². The van der Waals surface area contributed by atoms with Crippen LogP contribution in [0.4, 0.5) is 0 Å². The molecule has 0 atom stereocenters. The Morgan fingerprint density at radius 3 is 0.718 bits per heavy atom. The molecule has 12 nitrogen and oxygen atoms in total. The van der Waals surface area contributed by atoms with Crippen LogP contribution in [0.25, 0.3) is 0 Å². The summed E-state index contributed by atoms with van der Waals surface area (Å²) in [5.41, 5.74) is 0. The summed E-state index contributed by atoms with van der Waals surface area (Å²) >= 11 is 0. The molecule has 3 rings (SSSR count). The average Bonchev–Trinajstić information content (AvgIpc) is 2.90. The van der Waals surface area contributed by atoms with E-state index in [1.807, 2.05) is 48.5 Å². The lowest BCUT2D eigenvalue weighted by Crippen LogP contribution is -2.82. The van der Waals surface area contributed by atoms with Crippen molar-refractivity contribution >= 4 is 90.9 Å². The van der Waals surface area contributed by atoms with Crippen molar-refractivity contribution in [1.82, 2.24) is 0 Å². The Hall–Kier alpha value is 1.69. The molecule has 0 amide bonds. The predicted octanol–water partition coefficient (Wildman–Crippen LogP) is 2.33. The Balaban J connectivity index is 2.40. The SMILES string of the molecule is CC[Si]1(O[SiH2]C)O[Si]2(CC)O[Si](CC)(O[SiH2]C)O[Si]3(CC)O[Si](CC)(O[SiH2]C)O[Si](CC)(O1)O[Si](CC)(O2)O3. The Labute approximate surface area is 249 Å². The second-order valence-electron chi connectivity index (χ2n) is 9.47. The van der Waals surface area contributed by atoms with Crippen molar-refractivity contribution in [1.29, 1.82) is 0 Å². The smallest absolute Gasteiger partial charge is 0.422 e. The maximum atomic E-state index is 7.13. The number of hydrogen-bond acceptors (Lipinski definition) is 12. The van der Waals surface area contributed by atoms with E-state index < -0.39 is 90.9 Å². The molecule has 4 bridgehead atoms. The van der Waals surface area contributed by atoms with Gasteiger partial charge in [-0.3, -0.25) is 0 Å². The van der Waals surface area contributed by atoms with Gasteiger partial charge in [-0.2, -0.15) is 0 Å². The van der Waals surface area contributed by atoms with Gasteiger partial charge in [-0.1, -0.05) is 68.1 Å². The lowest BCUT2D eigenvalue weighted by Gasteiger charge is -2.58. The van der Waals surface area contributed by atoms with E-state index in [0.29, 0.717) is 42.3 Å². The Morgan fingerprint density at radius 2 is 0.564 bits per heavy atom. The summed E-state index contributed by atoms with van der Waals surface area (Å²) < 4.78 is 83.6. The van der Waals surface area contributed by atoms with E-state index in [1.165, 1.54) is 0 Å². The van der Waals surface area contributed by atoms with Crippen molar-refractivity contribution in [3.63, 3.8) is 0 Å². The van der Waals surface area contributed by atoms with Gasteiger partial charge in [0, 0.05) is 42.3 Å². The van der Waals surface area contributed by atoms with Gasteiger partial charge in [0.2, 0.25) is 0 Å². The molecule has 0 aromatic heterocycles. The third-order valence-electron chi connectivity index (χ3n) is 6.92. The minimum Gasteiger partial charge on any atom is -0.422 e. The summed E-state index contributed by atoms with van der Waals surface area (Å²) in [4.78, 5) is 0. The summed E-state index contributed by atoms with van der Waals surface area (Å²) in [7, 11) is -27.2. The average molecular weight is 727 g/mol. The van der Waals surface area contributed by atoms with Crippen molar-refractivity contribution in [3.8, 4) is 0 Å². The van der Waals surface area contributed by atoms with Gasteiger partial charge in [-0.05, 0) is 0 Å². The van der Waals surface area contributed by atoms with Gasteiger partial charge in [-0.25, -0.2) is 0 Å².